The van der Waals surface area contributed by atoms with Crippen molar-refractivity contribution in [3.05, 3.63) is 53.9 Å². The maximum Gasteiger partial charge on any atom is 0.140 e. The quantitative estimate of drug-likeness (QED) is 0.876. The van der Waals surface area contributed by atoms with Gasteiger partial charge >= 0.3 is 0 Å². The SMILES string of the molecule is COc1cccnc1C1CNc2ccccc2C1. The highest BCUT2D eigenvalue weighted by Crippen LogP contribution is 2.33. The number of fused-ring (bicyclic) bond motifs is 1. The maximum atomic E-state index is 5.40. The number of pyridine rings is 1. The first kappa shape index (κ1) is 11.1. The number of aromatic nitrogens is 1. The zero-order chi connectivity index (χ0) is 12.4. The summed E-state index contributed by atoms with van der Waals surface area (Å²) >= 11 is 0. The molecule has 0 amide bonds. The topological polar surface area (TPSA) is 34.1 Å². The van der Waals surface area contributed by atoms with E-state index >= 15 is 0 Å². The van der Waals surface area contributed by atoms with Gasteiger partial charge in [-0.05, 0) is 30.2 Å². The Hall–Kier alpha value is -2.03. The molecule has 0 bridgehead atoms. The fraction of sp³-hybridized carbons (Fsp3) is 0.267. The van der Waals surface area contributed by atoms with E-state index in [1.54, 1.807) is 7.11 Å². The van der Waals surface area contributed by atoms with Crippen molar-refractivity contribution >= 4 is 5.69 Å². The second-order valence-corrected chi connectivity index (χ2v) is 4.53. The Balaban J connectivity index is 1.92. The number of anilines is 1. The number of benzene rings is 1. The van der Waals surface area contributed by atoms with E-state index in [1.807, 2.05) is 18.3 Å². The van der Waals surface area contributed by atoms with Gasteiger partial charge in [-0.2, -0.15) is 0 Å². The minimum atomic E-state index is 0.371. The van der Waals surface area contributed by atoms with Crippen molar-refractivity contribution in [3.8, 4) is 5.75 Å². The lowest BCUT2D eigenvalue weighted by atomic mass is 9.91. The summed E-state index contributed by atoms with van der Waals surface area (Å²) in [7, 11) is 1.70. The highest BCUT2D eigenvalue weighted by Gasteiger charge is 2.22. The summed E-state index contributed by atoms with van der Waals surface area (Å²) in [5.41, 5.74) is 3.63. The van der Waals surface area contributed by atoms with Crippen LogP contribution in [0.2, 0.25) is 0 Å². The van der Waals surface area contributed by atoms with Crippen LogP contribution in [0.5, 0.6) is 5.75 Å². The number of rotatable bonds is 2. The number of para-hydroxylation sites is 1. The summed E-state index contributed by atoms with van der Waals surface area (Å²) in [5, 5.41) is 3.47. The monoisotopic (exact) mass is 240 g/mol. The maximum absolute atomic E-state index is 5.40. The molecule has 2 heterocycles. The minimum absolute atomic E-state index is 0.371. The Bertz CT molecular complexity index is 554. The first-order valence-electron chi connectivity index (χ1n) is 6.19. The average molecular weight is 240 g/mol. The van der Waals surface area contributed by atoms with Gasteiger partial charge < -0.3 is 10.1 Å². The molecule has 1 aliphatic rings. The highest BCUT2D eigenvalue weighted by molar-refractivity contribution is 5.54. The number of hydrogen-bond donors (Lipinski definition) is 1. The van der Waals surface area contributed by atoms with Crippen LogP contribution >= 0.6 is 0 Å². The molecular weight excluding hydrogens is 224 g/mol. The van der Waals surface area contributed by atoms with Crippen molar-refractivity contribution < 1.29 is 4.74 Å². The van der Waals surface area contributed by atoms with E-state index in [4.69, 9.17) is 4.74 Å². The van der Waals surface area contributed by atoms with Crippen LogP contribution in [-0.4, -0.2) is 18.6 Å². The summed E-state index contributed by atoms with van der Waals surface area (Å²) in [6.07, 6.45) is 2.84. The molecule has 0 fully saturated rings. The van der Waals surface area contributed by atoms with E-state index in [0.29, 0.717) is 5.92 Å². The van der Waals surface area contributed by atoms with E-state index in [2.05, 4.69) is 34.6 Å². The van der Waals surface area contributed by atoms with E-state index in [9.17, 15) is 0 Å². The Morgan fingerprint density at radius 2 is 2.11 bits per heavy atom. The van der Waals surface area contributed by atoms with Gasteiger partial charge in [0, 0.05) is 24.3 Å². The largest absolute Gasteiger partial charge is 0.495 e. The van der Waals surface area contributed by atoms with Gasteiger partial charge in [0.25, 0.3) is 0 Å². The second kappa shape index (κ2) is 4.69. The molecule has 3 nitrogen and oxygen atoms in total. The van der Waals surface area contributed by atoms with Crippen LogP contribution in [0.25, 0.3) is 0 Å². The molecule has 3 heteroatoms. The molecule has 1 N–H and O–H groups in total. The molecule has 3 rings (SSSR count). The molecule has 18 heavy (non-hydrogen) atoms. The van der Waals surface area contributed by atoms with Crippen molar-refractivity contribution in [1.29, 1.82) is 0 Å². The molecule has 0 radical (unpaired) electrons. The van der Waals surface area contributed by atoms with Crippen LogP contribution in [0.4, 0.5) is 5.69 Å². The van der Waals surface area contributed by atoms with Crippen molar-refractivity contribution in [1.82, 2.24) is 4.98 Å². The van der Waals surface area contributed by atoms with Gasteiger partial charge in [-0.1, -0.05) is 18.2 Å². The predicted molar refractivity (Wildman–Crippen MR) is 72.2 cm³/mol. The average Bonchev–Trinajstić information content (AvgIpc) is 2.46. The molecule has 0 saturated heterocycles. The van der Waals surface area contributed by atoms with Crippen molar-refractivity contribution in [3.63, 3.8) is 0 Å². The molecule has 1 unspecified atom stereocenters. The Labute approximate surface area is 107 Å². The molecule has 1 atom stereocenters. The van der Waals surface area contributed by atoms with Gasteiger partial charge in [-0.15, -0.1) is 0 Å². The Morgan fingerprint density at radius 3 is 3.00 bits per heavy atom. The van der Waals surface area contributed by atoms with Crippen LogP contribution in [-0.2, 0) is 6.42 Å². The Morgan fingerprint density at radius 1 is 1.22 bits per heavy atom. The standard InChI is InChI=1S/C15H16N2O/c1-18-14-7-4-8-16-15(14)12-9-11-5-2-3-6-13(11)17-10-12/h2-8,12,17H,9-10H2,1H3. The van der Waals surface area contributed by atoms with E-state index in [1.165, 1.54) is 11.3 Å². The summed E-state index contributed by atoms with van der Waals surface area (Å²) in [6.45, 7) is 0.907. The van der Waals surface area contributed by atoms with Gasteiger partial charge in [0.15, 0.2) is 0 Å². The van der Waals surface area contributed by atoms with Crippen LogP contribution in [0.15, 0.2) is 42.6 Å². The summed E-state index contributed by atoms with van der Waals surface area (Å²) < 4.78 is 5.40. The van der Waals surface area contributed by atoms with Gasteiger partial charge in [0.05, 0.1) is 12.8 Å². The van der Waals surface area contributed by atoms with Crippen LogP contribution < -0.4 is 10.1 Å². The smallest absolute Gasteiger partial charge is 0.140 e. The summed E-state index contributed by atoms with van der Waals surface area (Å²) in [6, 6.07) is 12.3. The summed E-state index contributed by atoms with van der Waals surface area (Å²) in [5.74, 6) is 1.25. The second-order valence-electron chi connectivity index (χ2n) is 4.53. The zero-order valence-corrected chi connectivity index (χ0v) is 10.4. The van der Waals surface area contributed by atoms with Crippen molar-refractivity contribution in [2.75, 3.05) is 19.0 Å². The third-order valence-electron chi connectivity index (χ3n) is 3.43. The molecule has 0 aliphatic carbocycles. The van der Waals surface area contributed by atoms with Gasteiger partial charge in [0.1, 0.15) is 5.75 Å². The Kier molecular flexibility index (Phi) is 2.89. The van der Waals surface area contributed by atoms with Gasteiger partial charge in [0.2, 0.25) is 0 Å². The number of nitrogens with one attached hydrogen (secondary N) is 1. The van der Waals surface area contributed by atoms with Crippen LogP contribution in [0.1, 0.15) is 17.2 Å². The molecular formula is C15H16N2O. The first-order valence-corrected chi connectivity index (χ1v) is 6.19. The van der Waals surface area contributed by atoms with Crippen molar-refractivity contribution in [2.45, 2.75) is 12.3 Å². The van der Waals surface area contributed by atoms with E-state index in [-0.39, 0.29) is 0 Å². The molecule has 92 valence electrons. The fourth-order valence-corrected chi connectivity index (χ4v) is 2.52. The van der Waals surface area contributed by atoms with Crippen molar-refractivity contribution in [2.24, 2.45) is 0 Å². The number of hydrogen-bond acceptors (Lipinski definition) is 3. The molecule has 1 aromatic heterocycles. The molecule has 1 aromatic carbocycles. The lowest BCUT2D eigenvalue weighted by Gasteiger charge is -2.26. The highest BCUT2D eigenvalue weighted by atomic mass is 16.5. The number of ether oxygens (including phenoxy) is 1. The predicted octanol–water partition coefficient (Wildman–Crippen LogP) is 2.84. The lowest BCUT2D eigenvalue weighted by Crippen LogP contribution is -2.22. The first-order chi connectivity index (χ1) is 8.88. The van der Waals surface area contributed by atoms with Gasteiger partial charge in [-0.3, -0.25) is 4.98 Å². The molecule has 2 aromatic rings. The normalized spacial score (nSPS) is 17.7. The van der Waals surface area contributed by atoms with Gasteiger partial charge in [-0.25, -0.2) is 0 Å². The van der Waals surface area contributed by atoms with Crippen LogP contribution in [0, 0.1) is 0 Å². The third kappa shape index (κ3) is 1.92. The third-order valence-corrected chi connectivity index (χ3v) is 3.43. The molecule has 0 spiro atoms. The number of methoxy groups -OCH3 is 1. The molecule has 1 aliphatic heterocycles. The molecule has 0 saturated carbocycles. The van der Waals surface area contributed by atoms with E-state index in [0.717, 1.165) is 24.4 Å². The zero-order valence-electron chi connectivity index (χ0n) is 10.4. The minimum Gasteiger partial charge on any atom is -0.495 e. The van der Waals surface area contributed by atoms with E-state index < -0.39 is 0 Å². The van der Waals surface area contributed by atoms with Crippen LogP contribution in [0.3, 0.4) is 0 Å². The fourth-order valence-electron chi connectivity index (χ4n) is 2.52. The lowest BCUT2D eigenvalue weighted by molar-refractivity contribution is 0.401. The number of nitrogens with zero attached hydrogens (tertiary/aromatic N) is 1. The summed E-state index contributed by atoms with van der Waals surface area (Å²) in [4.78, 5) is 4.48.